The maximum Gasteiger partial charge on any atom is 1.00 e. The van der Waals surface area contributed by atoms with E-state index < -0.39 is 56.9 Å². The molecule has 2 amide bonds. The Balaban J connectivity index is 0.00000324. The molecule has 15 heteroatoms. The number of carbonyl (C=O) groups excluding carboxylic acids is 4. The molecule has 2 aromatic heterocycles. The van der Waals surface area contributed by atoms with Gasteiger partial charge in [-0.1, -0.05) is 6.07 Å². The molecule has 2 unspecified atom stereocenters. The molecule has 0 aromatic carbocycles. The minimum absolute atomic E-state index is 0. The number of β-lactam (4-membered cyclic amide) rings is 1. The number of pyridine rings is 1. The van der Waals surface area contributed by atoms with E-state index >= 15 is 0 Å². The van der Waals surface area contributed by atoms with Crippen molar-refractivity contribution >= 4 is 57.6 Å². The summed E-state index contributed by atoms with van der Waals surface area (Å²) >= 11 is 0.126. The largest absolute Gasteiger partial charge is 1.00 e. The summed E-state index contributed by atoms with van der Waals surface area (Å²) in [4.78, 5) is 54.3. The summed E-state index contributed by atoms with van der Waals surface area (Å²) in [6, 6.07) is 6.92. The van der Waals surface area contributed by atoms with Crippen molar-refractivity contribution in [3.05, 3.63) is 54.0 Å². The first-order valence-electron chi connectivity index (χ1n) is 9.34. The number of amides is 2. The smallest absolute Gasteiger partial charge is 0.610 e. The van der Waals surface area contributed by atoms with E-state index in [1.165, 1.54) is 18.5 Å². The van der Waals surface area contributed by atoms with Crippen molar-refractivity contribution in [1.29, 1.82) is 0 Å². The van der Waals surface area contributed by atoms with Crippen LogP contribution in [0.4, 0.5) is 0 Å². The van der Waals surface area contributed by atoms with E-state index in [-0.39, 0.29) is 50.9 Å². The molecule has 0 saturated carbocycles. The van der Waals surface area contributed by atoms with Crippen LogP contribution in [0.15, 0.2) is 64.0 Å². The van der Waals surface area contributed by atoms with E-state index in [0.717, 1.165) is 16.7 Å². The average Bonchev–Trinajstić information content (AvgIpc) is 2.82. The molecule has 2 aromatic rings. The van der Waals surface area contributed by atoms with Gasteiger partial charge in [0.2, 0.25) is 10.1 Å². The van der Waals surface area contributed by atoms with Gasteiger partial charge in [0.1, 0.15) is 16.4 Å². The number of carboxylic acid groups (broad SMARTS) is 1. The number of hydrogen-bond donors (Lipinski definition) is 1. The van der Waals surface area contributed by atoms with Crippen LogP contribution in [0.3, 0.4) is 0 Å². The van der Waals surface area contributed by atoms with E-state index in [9.17, 15) is 28.8 Å². The Kier molecular flexibility index (Phi) is 9.14. The van der Waals surface area contributed by atoms with Crippen LogP contribution in [0.25, 0.3) is 0 Å². The maximum atomic E-state index is 12.7. The van der Waals surface area contributed by atoms with E-state index in [0.29, 0.717) is 11.8 Å². The minimum atomic E-state index is -1.70. The third kappa shape index (κ3) is 5.64. The van der Waals surface area contributed by atoms with E-state index in [1.807, 2.05) is 0 Å². The standard InChI is InChI=1S/C19H15N5O6S3.Na/c25-11(9-33(30)13-5-1-2-6-20-13)22-14-16(26)24-15(18(27)28)10(8-31-17(14)24)19(29)32-12-4-3-7-21-23-12;/h1-7,14,17H,8-9H2,(H,22,25)(H,27,28);/q;+1/p-1/t14?,17-,33?;/m0./s1. The van der Waals surface area contributed by atoms with Crippen molar-refractivity contribution in [3.8, 4) is 0 Å². The Bertz CT molecular complexity index is 1140. The predicted octanol–water partition coefficient (Wildman–Crippen LogP) is -4.29. The number of carbonyl (C=O) groups is 4. The average molecular weight is 528 g/mol. The Morgan fingerprint density at radius 1 is 1.24 bits per heavy atom. The number of hydrogen-bond acceptors (Lipinski definition) is 11. The second-order valence-corrected chi connectivity index (χ2v) is 10.2. The molecule has 0 bridgehead atoms. The zero-order valence-corrected chi connectivity index (χ0v) is 22.0. The molecule has 34 heavy (non-hydrogen) atoms. The van der Waals surface area contributed by atoms with Crippen LogP contribution in [-0.4, -0.2) is 70.5 Å². The van der Waals surface area contributed by atoms with Crippen molar-refractivity contribution in [2.45, 2.75) is 21.5 Å². The minimum Gasteiger partial charge on any atom is -0.610 e. The van der Waals surface area contributed by atoms with Crippen molar-refractivity contribution < 1.29 is 58.4 Å². The van der Waals surface area contributed by atoms with Crippen LogP contribution in [0.1, 0.15) is 0 Å². The summed E-state index contributed by atoms with van der Waals surface area (Å²) in [6.07, 6.45) is 2.88. The molecule has 3 atom stereocenters. The second kappa shape index (κ2) is 11.7. The molecular formula is C19H14N5NaO6S3. The molecular weight excluding hydrogens is 513 g/mol. The topological polar surface area (TPSA) is 168 Å². The van der Waals surface area contributed by atoms with Crippen LogP contribution in [-0.2, 0) is 30.4 Å². The van der Waals surface area contributed by atoms with Gasteiger partial charge in [-0.2, -0.15) is 5.10 Å². The summed E-state index contributed by atoms with van der Waals surface area (Å²) in [5, 5.41) is 20.9. The third-order valence-corrected chi connectivity index (χ3v) is 7.97. The molecule has 4 rings (SSSR count). The number of carboxylic acids is 1. The maximum absolute atomic E-state index is 12.7. The quantitative estimate of drug-likeness (QED) is 0.160. The van der Waals surface area contributed by atoms with Crippen LogP contribution >= 0.6 is 23.5 Å². The fraction of sp³-hybridized carbons (Fsp3) is 0.211. The first kappa shape index (κ1) is 26.7. The zero-order chi connectivity index (χ0) is 23.5. The van der Waals surface area contributed by atoms with Gasteiger partial charge in [-0.3, -0.25) is 19.3 Å². The Morgan fingerprint density at radius 3 is 2.68 bits per heavy atom. The number of aliphatic carboxylic acids is 1. The Hall–Kier alpha value is -1.94. The van der Waals surface area contributed by atoms with Crippen LogP contribution in [0, 0.1) is 0 Å². The Morgan fingerprint density at radius 2 is 2.03 bits per heavy atom. The van der Waals surface area contributed by atoms with Gasteiger partial charge in [-0.05, 0) is 30.0 Å². The number of fused-ring (bicyclic) bond motifs is 1. The van der Waals surface area contributed by atoms with Crippen molar-refractivity contribution in [2.24, 2.45) is 0 Å². The van der Waals surface area contributed by atoms with Crippen LogP contribution < -0.4 is 40.0 Å². The molecule has 1 N–H and O–H groups in total. The number of thioether (sulfide) groups is 2. The molecule has 11 nitrogen and oxygen atoms in total. The monoisotopic (exact) mass is 527 g/mol. The zero-order valence-electron chi connectivity index (χ0n) is 17.6. The fourth-order valence-corrected chi connectivity index (χ4v) is 6.18. The van der Waals surface area contributed by atoms with Gasteiger partial charge in [-0.15, -0.1) is 16.9 Å². The van der Waals surface area contributed by atoms with Gasteiger partial charge in [-0.25, -0.2) is 4.98 Å². The molecule has 170 valence electrons. The molecule has 0 radical (unpaired) electrons. The summed E-state index contributed by atoms with van der Waals surface area (Å²) in [5.74, 6) is -3.41. The number of nitrogens with one attached hydrogen (secondary N) is 1. The molecule has 4 heterocycles. The predicted molar refractivity (Wildman–Crippen MR) is 115 cm³/mol. The molecule has 2 aliphatic rings. The second-order valence-electron chi connectivity index (χ2n) is 6.68. The first-order chi connectivity index (χ1) is 15.9. The van der Waals surface area contributed by atoms with Gasteiger partial charge in [0.15, 0.2) is 5.75 Å². The Labute approximate surface area is 227 Å². The van der Waals surface area contributed by atoms with Gasteiger partial charge in [0.25, 0.3) is 11.8 Å². The van der Waals surface area contributed by atoms with Crippen molar-refractivity contribution in [3.63, 3.8) is 0 Å². The number of rotatable bonds is 7. The van der Waals surface area contributed by atoms with Gasteiger partial charge in [0.05, 0.1) is 11.7 Å². The van der Waals surface area contributed by atoms with E-state index in [2.05, 4.69) is 20.5 Å². The van der Waals surface area contributed by atoms with Gasteiger partial charge < -0.3 is 19.8 Å². The normalized spacial score (nSPS) is 19.9. The van der Waals surface area contributed by atoms with Gasteiger partial charge >= 0.3 is 29.6 Å². The molecule has 0 aliphatic carbocycles. The SMILES string of the molecule is O=C(C[S+]([O-])c1ccccn1)NC1C(=O)N2C(C(=O)[O-])=C(C(=O)Sc3cccnn3)CS[C@@H]12.[Na+]. The third-order valence-electron chi connectivity index (χ3n) is 4.60. The number of aromatic nitrogens is 3. The summed E-state index contributed by atoms with van der Waals surface area (Å²) in [7, 11) is 0. The van der Waals surface area contributed by atoms with Crippen molar-refractivity contribution in [1.82, 2.24) is 25.4 Å². The fourth-order valence-electron chi connectivity index (χ4n) is 3.15. The summed E-state index contributed by atoms with van der Waals surface area (Å²) in [6.45, 7) is 0. The van der Waals surface area contributed by atoms with E-state index in [4.69, 9.17) is 0 Å². The molecule has 0 spiro atoms. The first-order valence-corrected chi connectivity index (χ1v) is 12.5. The van der Waals surface area contributed by atoms with Crippen molar-refractivity contribution in [2.75, 3.05) is 11.5 Å². The molecule has 1 saturated heterocycles. The molecule has 2 aliphatic heterocycles. The summed E-state index contributed by atoms with van der Waals surface area (Å²) < 4.78 is 12.3. The van der Waals surface area contributed by atoms with Crippen LogP contribution in [0.5, 0.6) is 0 Å². The summed E-state index contributed by atoms with van der Waals surface area (Å²) in [5.41, 5.74) is -0.617. The van der Waals surface area contributed by atoms with E-state index in [1.54, 1.807) is 24.3 Å². The number of nitrogens with zero attached hydrogens (tertiary/aromatic N) is 4. The van der Waals surface area contributed by atoms with Crippen LogP contribution in [0.2, 0.25) is 0 Å². The molecule has 1 fully saturated rings. The van der Waals surface area contributed by atoms with Gasteiger partial charge in [0, 0.05) is 41.0 Å².